The Balaban J connectivity index is 1.86. The van der Waals surface area contributed by atoms with E-state index in [9.17, 15) is 0 Å². The van der Waals surface area contributed by atoms with Crippen LogP contribution in [0.2, 0.25) is 0 Å². The maximum atomic E-state index is 3.75. The van der Waals surface area contributed by atoms with E-state index in [0.29, 0.717) is 6.04 Å². The zero-order valence-corrected chi connectivity index (χ0v) is 13.4. The summed E-state index contributed by atoms with van der Waals surface area (Å²) in [4.78, 5) is 2.84. The van der Waals surface area contributed by atoms with Crippen molar-refractivity contribution in [1.82, 2.24) is 0 Å². The van der Waals surface area contributed by atoms with Crippen LogP contribution in [-0.4, -0.2) is 0 Å². The first kappa shape index (κ1) is 13.7. The highest BCUT2D eigenvalue weighted by Gasteiger charge is 2.16. The molecule has 0 saturated heterocycles. The van der Waals surface area contributed by atoms with Gasteiger partial charge in [0.05, 0.1) is 0 Å². The Bertz CT molecular complexity index is 612. The average molecular weight is 285 g/mol. The lowest BCUT2D eigenvalue weighted by molar-refractivity contribution is 0.685. The van der Waals surface area contributed by atoms with Crippen molar-refractivity contribution >= 4 is 17.0 Å². The lowest BCUT2D eigenvalue weighted by atomic mass is 9.90. The van der Waals surface area contributed by atoms with Crippen LogP contribution in [0.3, 0.4) is 0 Å². The zero-order valence-electron chi connectivity index (χ0n) is 12.6. The van der Waals surface area contributed by atoms with E-state index in [1.54, 1.807) is 11.1 Å². The van der Waals surface area contributed by atoms with Gasteiger partial charge in [0.2, 0.25) is 0 Å². The van der Waals surface area contributed by atoms with Gasteiger partial charge in [0.15, 0.2) is 0 Å². The molecule has 1 aromatic heterocycles. The summed E-state index contributed by atoms with van der Waals surface area (Å²) in [6, 6.07) is 9.45. The summed E-state index contributed by atoms with van der Waals surface area (Å²) in [6.45, 7) is 6.70. The Hall–Kier alpha value is -1.28. The first-order valence-corrected chi connectivity index (χ1v) is 8.41. The molecular formula is C18H23NS. The Morgan fingerprint density at radius 1 is 1.15 bits per heavy atom. The molecule has 1 heterocycles. The molecule has 2 aromatic rings. The van der Waals surface area contributed by atoms with E-state index in [0.717, 1.165) is 0 Å². The van der Waals surface area contributed by atoms with Crippen molar-refractivity contribution in [3.05, 3.63) is 50.7 Å². The van der Waals surface area contributed by atoms with Gasteiger partial charge in [0.25, 0.3) is 0 Å². The number of benzene rings is 1. The minimum absolute atomic E-state index is 0.383. The molecule has 2 heteroatoms. The molecule has 0 saturated carbocycles. The van der Waals surface area contributed by atoms with Gasteiger partial charge in [-0.05, 0) is 75.3 Å². The minimum Gasteiger partial charge on any atom is -0.378 e. The number of fused-ring (bicyclic) bond motifs is 1. The SMILES string of the molecule is Cc1cc(C(C)Nc2cccc3c2CCCC3)c(C)s1. The molecule has 1 aliphatic carbocycles. The molecule has 106 valence electrons. The standard InChI is InChI=1S/C18H23NS/c1-12-11-17(14(3)20-12)13(2)19-18-10-6-8-15-7-4-5-9-16(15)18/h6,8,10-11,13,19H,4-5,7,9H2,1-3H3. The van der Waals surface area contributed by atoms with Crippen molar-refractivity contribution in [2.75, 3.05) is 5.32 Å². The van der Waals surface area contributed by atoms with Crippen molar-refractivity contribution in [3.8, 4) is 0 Å². The molecule has 1 nitrogen and oxygen atoms in total. The van der Waals surface area contributed by atoms with Crippen LogP contribution in [0.4, 0.5) is 5.69 Å². The van der Waals surface area contributed by atoms with Crippen LogP contribution in [0.1, 0.15) is 52.3 Å². The second-order valence-electron chi connectivity index (χ2n) is 5.88. The van der Waals surface area contributed by atoms with E-state index in [1.807, 2.05) is 11.3 Å². The fourth-order valence-electron chi connectivity index (χ4n) is 3.31. The number of nitrogens with one attached hydrogen (secondary N) is 1. The van der Waals surface area contributed by atoms with Crippen LogP contribution in [-0.2, 0) is 12.8 Å². The number of anilines is 1. The van der Waals surface area contributed by atoms with Gasteiger partial charge in [0, 0.05) is 21.5 Å². The summed E-state index contributed by atoms with van der Waals surface area (Å²) in [7, 11) is 0. The van der Waals surface area contributed by atoms with Gasteiger partial charge >= 0.3 is 0 Å². The van der Waals surface area contributed by atoms with E-state index in [4.69, 9.17) is 0 Å². The number of hydrogen-bond acceptors (Lipinski definition) is 2. The fourth-order valence-corrected chi connectivity index (χ4v) is 4.33. The van der Waals surface area contributed by atoms with E-state index in [2.05, 4.69) is 50.4 Å². The van der Waals surface area contributed by atoms with Crippen molar-refractivity contribution < 1.29 is 0 Å². The van der Waals surface area contributed by atoms with E-state index in [-0.39, 0.29) is 0 Å². The van der Waals surface area contributed by atoms with Gasteiger partial charge in [-0.15, -0.1) is 11.3 Å². The smallest absolute Gasteiger partial charge is 0.0496 e. The van der Waals surface area contributed by atoms with Crippen LogP contribution in [0, 0.1) is 13.8 Å². The topological polar surface area (TPSA) is 12.0 Å². The van der Waals surface area contributed by atoms with Crippen LogP contribution >= 0.6 is 11.3 Å². The monoisotopic (exact) mass is 285 g/mol. The predicted octanol–water partition coefficient (Wildman–Crippen LogP) is 5.42. The molecule has 3 rings (SSSR count). The van der Waals surface area contributed by atoms with Gasteiger partial charge in [0.1, 0.15) is 0 Å². The Morgan fingerprint density at radius 3 is 2.70 bits per heavy atom. The summed E-state index contributed by atoms with van der Waals surface area (Å²) in [6.07, 6.45) is 5.15. The predicted molar refractivity (Wildman–Crippen MR) is 88.9 cm³/mol. The Morgan fingerprint density at radius 2 is 1.95 bits per heavy atom. The molecule has 0 spiro atoms. The summed E-state index contributed by atoms with van der Waals surface area (Å²) in [5, 5.41) is 3.75. The average Bonchev–Trinajstić information content (AvgIpc) is 2.78. The first-order chi connectivity index (χ1) is 9.65. The largest absolute Gasteiger partial charge is 0.378 e. The quantitative estimate of drug-likeness (QED) is 0.794. The highest BCUT2D eigenvalue weighted by Crippen LogP contribution is 2.32. The van der Waals surface area contributed by atoms with Gasteiger partial charge in [-0.3, -0.25) is 0 Å². The lowest BCUT2D eigenvalue weighted by Gasteiger charge is -2.23. The molecule has 1 unspecified atom stereocenters. The highest BCUT2D eigenvalue weighted by molar-refractivity contribution is 7.12. The Labute approximate surface area is 126 Å². The van der Waals surface area contributed by atoms with Gasteiger partial charge in [-0.2, -0.15) is 0 Å². The van der Waals surface area contributed by atoms with Crippen molar-refractivity contribution in [3.63, 3.8) is 0 Å². The third-order valence-corrected chi connectivity index (χ3v) is 5.30. The molecule has 0 amide bonds. The molecule has 1 N–H and O–H groups in total. The second kappa shape index (κ2) is 5.61. The van der Waals surface area contributed by atoms with Gasteiger partial charge in [-0.25, -0.2) is 0 Å². The Kier molecular flexibility index (Phi) is 3.84. The molecule has 20 heavy (non-hydrogen) atoms. The van der Waals surface area contributed by atoms with E-state index >= 15 is 0 Å². The molecule has 1 aromatic carbocycles. The third kappa shape index (κ3) is 2.62. The zero-order chi connectivity index (χ0) is 14.1. The van der Waals surface area contributed by atoms with Crippen LogP contribution in [0.15, 0.2) is 24.3 Å². The molecule has 0 aliphatic heterocycles. The van der Waals surface area contributed by atoms with Crippen molar-refractivity contribution in [1.29, 1.82) is 0 Å². The molecule has 0 fully saturated rings. The number of rotatable bonds is 3. The minimum atomic E-state index is 0.383. The summed E-state index contributed by atoms with van der Waals surface area (Å²) >= 11 is 1.90. The van der Waals surface area contributed by atoms with Gasteiger partial charge < -0.3 is 5.32 Å². The van der Waals surface area contributed by atoms with Crippen LogP contribution in [0.5, 0.6) is 0 Å². The number of thiophene rings is 1. The van der Waals surface area contributed by atoms with Crippen LogP contribution < -0.4 is 5.32 Å². The maximum absolute atomic E-state index is 3.75. The number of hydrogen-bond donors (Lipinski definition) is 1. The summed E-state index contributed by atoms with van der Waals surface area (Å²) < 4.78 is 0. The van der Waals surface area contributed by atoms with Crippen molar-refractivity contribution in [2.24, 2.45) is 0 Å². The first-order valence-electron chi connectivity index (χ1n) is 7.59. The highest BCUT2D eigenvalue weighted by atomic mass is 32.1. The fraction of sp³-hybridized carbons (Fsp3) is 0.444. The molecule has 1 atom stereocenters. The maximum Gasteiger partial charge on any atom is 0.0496 e. The molecule has 1 aliphatic rings. The number of aryl methyl sites for hydroxylation is 3. The molecule has 0 bridgehead atoms. The lowest BCUT2D eigenvalue weighted by Crippen LogP contribution is -2.12. The van der Waals surface area contributed by atoms with Gasteiger partial charge in [-0.1, -0.05) is 12.1 Å². The molecule has 0 radical (unpaired) electrons. The normalized spacial score (nSPS) is 15.8. The van der Waals surface area contributed by atoms with Crippen molar-refractivity contribution in [2.45, 2.75) is 52.5 Å². The summed E-state index contributed by atoms with van der Waals surface area (Å²) in [5.41, 5.74) is 5.89. The molecular weight excluding hydrogens is 262 g/mol. The van der Waals surface area contributed by atoms with Crippen LogP contribution in [0.25, 0.3) is 0 Å². The van der Waals surface area contributed by atoms with E-state index in [1.165, 1.54) is 46.7 Å². The third-order valence-electron chi connectivity index (χ3n) is 4.31. The second-order valence-corrected chi connectivity index (χ2v) is 7.35. The summed E-state index contributed by atoms with van der Waals surface area (Å²) in [5.74, 6) is 0. The van der Waals surface area contributed by atoms with E-state index < -0.39 is 0 Å².